The highest BCUT2D eigenvalue weighted by Crippen LogP contribution is 2.30. The Hall–Kier alpha value is -0.920. The fourth-order valence-electron chi connectivity index (χ4n) is 2.10. The maximum absolute atomic E-state index is 14.4. The van der Waals surface area contributed by atoms with Crippen LogP contribution in [-0.4, -0.2) is 0 Å². The topological polar surface area (TPSA) is 0 Å². The van der Waals surface area contributed by atoms with Gasteiger partial charge in [-0.3, -0.25) is 0 Å². The Labute approximate surface area is 136 Å². The van der Waals surface area contributed by atoms with Gasteiger partial charge >= 0.3 is 0 Å². The smallest absolute Gasteiger partial charge is 0.158 e. The Bertz CT molecular complexity index is 425. The van der Waals surface area contributed by atoms with E-state index in [1.54, 1.807) is 13.8 Å². The maximum atomic E-state index is 14.4. The molecule has 0 aromatic heterocycles. The lowest BCUT2D eigenvalue weighted by atomic mass is 9.91. The maximum Gasteiger partial charge on any atom is 0.158 e. The van der Waals surface area contributed by atoms with Crippen LogP contribution in [-0.2, 0) is 0 Å². The van der Waals surface area contributed by atoms with E-state index in [1.165, 1.54) is 0 Å². The third-order valence-corrected chi connectivity index (χ3v) is 4.27. The minimum absolute atomic E-state index is 0.0717. The SMILES string of the molecule is C/C(=C(F)\C(F)=C(/C)C(C)CCC(C)C)C(C)/C=C\C(C)C. The molecule has 128 valence electrons. The van der Waals surface area contributed by atoms with E-state index in [2.05, 4.69) is 27.7 Å². The second kappa shape index (κ2) is 9.97. The number of rotatable bonds is 8. The van der Waals surface area contributed by atoms with Crippen molar-refractivity contribution in [1.82, 2.24) is 0 Å². The largest absolute Gasteiger partial charge is 0.204 e. The van der Waals surface area contributed by atoms with E-state index in [9.17, 15) is 8.78 Å². The molecule has 0 nitrogen and oxygen atoms in total. The zero-order chi connectivity index (χ0) is 17.4. The van der Waals surface area contributed by atoms with Gasteiger partial charge in [-0.2, -0.15) is 0 Å². The standard InChI is InChI=1S/C20H34F2/c1-13(2)9-11-15(5)17(7)19(21)20(22)18(8)16(6)12-10-14(3)4/h9,11,13-16H,10,12H2,1-8H3/b11-9-,19-17-,20-18-. The van der Waals surface area contributed by atoms with Crippen molar-refractivity contribution in [2.45, 2.75) is 68.2 Å². The molecule has 0 spiro atoms. The van der Waals surface area contributed by atoms with Crippen LogP contribution in [0.4, 0.5) is 8.78 Å². The van der Waals surface area contributed by atoms with Crippen LogP contribution < -0.4 is 0 Å². The van der Waals surface area contributed by atoms with E-state index in [-0.39, 0.29) is 11.8 Å². The third kappa shape index (κ3) is 7.38. The molecule has 0 N–H and O–H groups in total. The van der Waals surface area contributed by atoms with Gasteiger partial charge < -0.3 is 0 Å². The second-order valence-corrected chi connectivity index (χ2v) is 7.28. The number of halogens is 2. The predicted octanol–water partition coefficient (Wildman–Crippen LogP) is 7.39. The van der Waals surface area contributed by atoms with Gasteiger partial charge in [-0.25, -0.2) is 8.78 Å². The molecule has 0 aliphatic heterocycles. The normalized spacial score (nSPS) is 17.8. The highest BCUT2D eigenvalue weighted by molar-refractivity contribution is 5.31. The van der Waals surface area contributed by atoms with Crippen molar-refractivity contribution in [2.24, 2.45) is 23.7 Å². The van der Waals surface area contributed by atoms with E-state index < -0.39 is 11.7 Å². The molecule has 0 aromatic rings. The van der Waals surface area contributed by atoms with Gasteiger partial charge in [0.05, 0.1) is 0 Å². The number of hydrogen-bond donors (Lipinski definition) is 0. The van der Waals surface area contributed by atoms with Crippen molar-refractivity contribution >= 4 is 0 Å². The summed E-state index contributed by atoms with van der Waals surface area (Å²) in [6.07, 6.45) is 5.90. The van der Waals surface area contributed by atoms with Crippen molar-refractivity contribution in [3.8, 4) is 0 Å². The van der Waals surface area contributed by atoms with Gasteiger partial charge in [0, 0.05) is 0 Å². The third-order valence-electron chi connectivity index (χ3n) is 4.27. The molecule has 22 heavy (non-hydrogen) atoms. The van der Waals surface area contributed by atoms with Gasteiger partial charge in [-0.1, -0.05) is 60.1 Å². The lowest BCUT2D eigenvalue weighted by molar-refractivity contribution is 0.463. The summed E-state index contributed by atoms with van der Waals surface area (Å²) in [7, 11) is 0. The molecule has 0 aliphatic rings. The molecular formula is C20H34F2. The molecular weight excluding hydrogens is 278 g/mol. The Morgan fingerprint density at radius 1 is 0.773 bits per heavy atom. The molecule has 2 heteroatoms. The van der Waals surface area contributed by atoms with Crippen molar-refractivity contribution in [1.29, 1.82) is 0 Å². The summed E-state index contributed by atoms with van der Waals surface area (Å²) in [5.74, 6) is -0.374. The fourth-order valence-corrected chi connectivity index (χ4v) is 2.10. The first kappa shape index (κ1) is 21.1. The average Bonchev–Trinajstić information content (AvgIpc) is 2.46. The van der Waals surface area contributed by atoms with Crippen LogP contribution in [0.2, 0.25) is 0 Å². The molecule has 2 atom stereocenters. The Morgan fingerprint density at radius 3 is 1.73 bits per heavy atom. The lowest BCUT2D eigenvalue weighted by Gasteiger charge is -2.16. The van der Waals surface area contributed by atoms with Gasteiger partial charge in [0.15, 0.2) is 11.7 Å². The number of allylic oxidation sites excluding steroid dienone is 6. The highest BCUT2D eigenvalue weighted by atomic mass is 19.2. The second-order valence-electron chi connectivity index (χ2n) is 7.28. The molecule has 0 saturated carbocycles. The van der Waals surface area contributed by atoms with E-state index in [0.29, 0.717) is 23.0 Å². The van der Waals surface area contributed by atoms with E-state index in [0.717, 1.165) is 12.8 Å². The molecule has 0 bridgehead atoms. The van der Waals surface area contributed by atoms with Crippen molar-refractivity contribution in [3.63, 3.8) is 0 Å². The number of hydrogen-bond acceptors (Lipinski definition) is 0. The quantitative estimate of drug-likeness (QED) is 0.323. The van der Waals surface area contributed by atoms with Gasteiger partial charge in [-0.15, -0.1) is 0 Å². The lowest BCUT2D eigenvalue weighted by Crippen LogP contribution is -2.03. The monoisotopic (exact) mass is 312 g/mol. The summed E-state index contributed by atoms with van der Waals surface area (Å²) >= 11 is 0. The van der Waals surface area contributed by atoms with Gasteiger partial charge in [0.2, 0.25) is 0 Å². The zero-order valence-corrected chi connectivity index (χ0v) is 15.6. The van der Waals surface area contributed by atoms with Crippen molar-refractivity contribution in [2.75, 3.05) is 0 Å². The summed E-state index contributed by atoms with van der Waals surface area (Å²) in [4.78, 5) is 0. The van der Waals surface area contributed by atoms with Gasteiger partial charge in [0.25, 0.3) is 0 Å². The van der Waals surface area contributed by atoms with Crippen LogP contribution >= 0.6 is 0 Å². The molecule has 0 rings (SSSR count). The Balaban J connectivity index is 5.16. The van der Waals surface area contributed by atoms with Gasteiger partial charge in [0.1, 0.15) is 0 Å². The zero-order valence-electron chi connectivity index (χ0n) is 15.6. The predicted molar refractivity (Wildman–Crippen MR) is 94.0 cm³/mol. The molecule has 0 heterocycles. The van der Waals surface area contributed by atoms with E-state index in [1.807, 2.05) is 26.0 Å². The summed E-state index contributed by atoms with van der Waals surface area (Å²) in [5.41, 5.74) is 0.988. The van der Waals surface area contributed by atoms with Crippen LogP contribution in [0.25, 0.3) is 0 Å². The molecule has 0 radical (unpaired) electrons. The summed E-state index contributed by atoms with van der Waals surface area (Å²) in [5, 5.41) is 0. The first-order valence-electron chi connectivity index (χ1n) is 8.49. The van der Waals surface area contributed by atoms with E-state index >= 15 is 0 Å². The molecule has 0 amide bonds. The summed E-state index contributed by atoms with van der Waals surface area (Å²) in [6, 6.07) is 0. The van der Waals surface area contributed by atoms with Crippen LogP contribution in [0.15, 0.2) is 35.0 Å². The molecule has 2 unspecified atom stereocenters. The van der Waals surface area contributed by atoms with E-state index in [4.69, 9.17) is 0 Å². The van der Waals surface area contributed by atoms with Crippen LogP contribution in [0.3, 0.4) is 0 Å². The molecule has 0 aromatic carbocycles. The minimum atomic E-state index is -0.685. The van der Waals surface area contributed by atoms with Crippen molar-refractivity contribution in [3.05, 3.63) is 35.0 Å². The first-order chi connectivity index (χ1) is 10.1. The van der Waals surface area contributed by atoms with Crippen LogP contribution in [0.1, 0.15) is 68.2 Å². The van der Waals surface area contributed by atoms with Gasteiger partial charge in [-0.05, 0) is 55.1 Å². The van der Waals surface area contributed by atoms with Crippen molar-refractivity contribution < 1.29 is 8.78 Å². The molecule has 0 aliphatic carbocycles. The average molecular weight is 312 g/mol. The minimum Gasteiger partial charge on any atom is -0.204 e. The van der Waals surface area contributed by atoms with Crippen LogP contribution in [0.5, 0.6) is 0 Å². The highest BCUT2D eigenvalue weighted by Gasteiger charge is 2.18. The fraction of sp³-hybridized carbons (Fsp3) is 0.700. The van der Waals surface area contributed by atoms with Crippen LogP contribution in [0, 0.1) is 23.7 Å². The summed E-state index contributed by atoms with van der Waals surface area (Å²) < 4.78 is 28.8. The Kier molecular flexibility index (Phi) is 9.55. The molecule has 0 fully saturated rings. The first-order valence-corrected chi connectivity index (χ1v) is 8.49. The Morgan fingerprint density at radius 2 is 1.27 bits per heavy atom. The molecule has 0 saturated heterocycles. The summed E-state index contributed by atoms with van der Waals surface area (Å²) in [6.45, 7) is 15.7.